The first-order valence-corrected chi connectivity index (χ1v) is 8.01. The molecule has 0 unspecified atom stereocenters. The van der Waals surface area contributed by atoms with Crippen LogP contribution in [0.4, 0.5) is 9.93 Å². The zero-order valence-electron chi connectivity index (χ0n) is 11.5. The number of carbonyl (C=O) groups excluding carboxylic acids is 2. The monoisotopic (exact) mass is 329 g/mol. The summed E-state index contributed by atoms with van der Waals surface area (Å²) in [6.45, 7) is 3.74. The van der Waals surface area contributed by atoms with Gasteiger partial charge in [0, 0.05) is 11.4 Å². The maximum Gasteiger partial charge on any atom is 0.337 e. The highest BCUT2D eigenvalue weighted by Gasteiger charge is 2.29. The smallest absolute Gasteiger partial charge is 0.337 e. The second-order valence-corrected chi connectivity index (χ2v) is 6.36. The first kappa shape index (κ1) is 15.6. The summed E-state index contributed by atoms with van der Waals surface area (Å²) < 4.78 is 5.70. The zero-order valence-corrected chi connectivity index (χ0v) is 13.1. The topological polar surface area (TPSA) is 119 Å². The largest absolute Gasteiger partial charge is 0.463 e. The minimum Gasteiger partial charge on any atom is -0.463 e. The molecule has 0 aliphatic carbocycles. The SMILES string of the molecule is CCOC(=O)C1=C(CSc2nnc(N)s2)NC(=O)N[C@@H]1C. The number of anilines is 1. The summed E-state index contributed by atoms with van der Waals surface area (Å²) in [4.78, 5) is 23.6. The van der Waals surface area contributed by atoms with Crippen molar-refractivity contribution >= 4 is 40.2 Å². The summed E-state index contributed by atoms with van der Waals surface area (Å²) in [6, 6.07) is -0.754. The number of hydrogen-bond acceptors (Lipinski definition) is 8. The highest BCUT2D eigenvalue weighted by molar-refractivity contribution is 8.01. The van der Waals surface area contributed by atoms with E-state index in [9.17, 15) is 9.59 Å². The molecule has 8 nitrogen and oxygen atoms in total. The van der Waals surface area contributed by atoms with E-state index in [1.807, 2.05) is 0 Å². The number of nitrogens with two attached hydrogens (primary N) is 1. The number of nitrogen functional groups attached to an aromatic ring is 1. The lowest BCUT2D eigenvalue weighted by Gasteiger charge is -2.26. The van der Waals surface area contributed by atoms with E-state index in [1.165, 1.54) is 23.1 Å². The Morgan fingerprint density at radius 2 is 2.29 bits per heavy atom. The van der Waals surface area contributed by atoms with Crippen LogP contribution < -0.4 is 16.4 Å². The van der Waals surface area contributed by atoms with Gasteiger partial charge in [-0.3, -0.25) is 0 Å². The van der Waals surface area contributed by atoms with Crippen molar-refractivity contribution in [2.75, 3.05) is 18.1 Å². The fourth-order valence-corrected chi connectivity index (χ4v) is 3.41. The van der Waals surface area contributed by atoms with E-state index in [0.717, 1.165) is 0 Å². The Morgan fingerprint density at radius 1 is 1.52 bits per heavy atom. The average Bonchev–Trinajstić information content (AvgIpc) is 2.81. The van der Waals surface area contributed by atoms with Crippen molar-refractivity contribution < 1.29 is 14.3 Å². The van der Waals surface area contributed by atoms with E-state index in [2.05, 4.69) is 20.8 Å². The number of carbonyl (C=O) groups is 2. The van der Waals surface area contributed by atoms with E-state index in [-0.39, 0.29) is 12.6 Å². The highest BCUT2D eigenvalue weighted by atomic mass is 32.2. The molecule has 1 aliphatic rings. The molecule has 0 saturated carbocycles. The molecule has 0 bridgehead atoms. The van der Waals surface area contributed by atoms with Crippen molar-refractivity contribution in [3.05, 3.63) is 11.3 Å². The normalized spacial score (nSPS) is 18.2. The molecule has 2 rings (SSSR count). The molecule has 4 N–H and O–H groups in total. The van der Waals surface area contributed by atoms with Crippen molar-refractivity contribution in [2.24, 2.45) is 0 Å². The number of hydrogen-bond donors (Lipinski definition) is 3. The first-order valence-electron chi connectivity index (χ1n) is 6.20. The van der Waals surface area contributed by atoms with Gasteiger partial charge < -0.3 is 21.1 Å². The Hall–Kier alpha value is -1.81. The number of nitrogens with one attached hydrogen (secondary N) is 2. The number of urea groups is 1. The van der Waals surface area contributed by atoms with Crippen LogP contribution in [0.3, 0.4) is 0 Å². The highest BCUT2D eigenvalue weighted by Crippen LogP contribution is 2.27. The molecule has 0 aromatic carbocycles. The van der Waals surface area contributed by atoms with Crippen molar-refractivity contribution in [1.29, 1.82) is 0 Å². The summed E-state index contributed by atoms with van der Waals surface area (Å²) in [5.41, 5.74) is 6.45. The maximum atomic E-state index is 12.0. The Labute approximate surface area is 129 Å². The van der Waals surface area contributed by atoms with Crippen molar-refractivity contribution in [3.63, 3.8) is 0 Å². The number of amides is 2. The second kappa shape index (κ2) is 6.76. The molecule has 1 aliphatic heterocycles. The fourth-order valence-electron chi connectivity index (χ4n) is 1.81. The molecule has 0 radical (unpaired) electrons. The van der Waals surface area contributed by atoms with Crippen LogP contribution in [0.25, 0.3) is 0 Å². The summed E-state index contributed by atoms with van der Waals surface area (Å²) in [7, 11) is 0. The molecule has 0 spiro atoms. The van der Waals surface area contributed by atoms with E-state index >= 15 is 0 Å². The van der Waals surface area contributed by atoms with Gasteiger partial charge in [-0.05, 0) is 13.8 Å². The van der Waals surface area contributed by atoms with Crippen molar-refractivity contribution in [1.82, 2.24) is 20.8 Å². The molecular weight excluding hydrogens is 314 g/mol. The number of ether oxygens (including phenoxy) is 1. The Balaban J connectivity index is 2.18. The number of aromatic nitrogens is 2. The van der Waals surface area contributed by atoms with Gasteiger partial charge >= 0.3 is 12.0 Å². The number of esters is 1. The van der Waals surface area contributed by atoms with Gasteiger partial charge in [0.15, 0.2) is 4.34 Å². The lowest BCUT2D eigenvalue weighted by Crippen LogP contribution is -2.49. The standard InChI is InChI=1S/C11H15N5O3S2/c1-3-19-8(17)7-5(2)13-10(18)14-6(7)4-20-11-16-15-9(12)21-11/h5H,3-4H2,1-2H3,(H2,12,15)(H2,13,14,18)/t5-/m1/s1. The van der Waals surface area contributed by atoms with Gasteiger partial charge in [0.2, 0.25) is 5.13 Å². The number of nitrogens with zero attached hydrogens (tertiary/aromatic N) is 2. The second-order valence-electron chi connectivity index (χ2n) is 4.13. The van der Waals surface area contributed by atoms with Crippen LogP contribution in [0.2, 0.25) is 0 Å². The van der Waals surface area contributed by atoms with Crippen LogP contribution in [0, 0.1) is 0 Å². The molecule has 1 atom stereocenters. The predicted octanol–water partition coefficient (Wildman–Crippen LogP) is 0.731. The van der Waals surface area contributed by atoms with Gasteiger partial charge in [0.25, 0.3) is 0 Å². The van der Waals surface area contributed by atoms with Crippen LogP contribution in [-0.4, -0.2) is 40.6 Å². The predicted molar refractivity (Wildman–Crippen MR) is 79.8 cm³/mol. The van der Waals surface area contributed by atoms with Gasteiger partial charge in [0.1, 0.15) is 0 Å². The zero-order chi connectivity index (χ0) is 15.4. The van der Waals surface area contributed by atoms with Crippen LogP contribution in [0.1, 0.15) is 13.8 Å². The summed E-state index contributed by atoms with van der Waals surface area (Å²) in [6.07, 6.45) is 0. The third-order valence-electron chi connectivity index (χ3n) is 2.63. The molecule has 10 heteroatoms. The minimum absolute atomic E-state index is 0.274. The quantitative estimate of drug-likeness (QED) is 0.538. The molecule has 0 fully saturated rings. The van der Waals surface area contributed by atoms with Crippen LogP contribution in [-0.2, 0) is 9.53 Å². The summed E-state index contributed by atoms with van der Waals surface area (Å²) >= 11 is 2.60. The van der Waals surface area contributed by atoms with Gasteiger partial charge in [-0.15, -0.1) is 10.2 Å². The molecule has 21 heavy (non-hydrogen) atoms. The van der Waals surface area contributed by atoms with Crippen LogP contribution >= 0.6 is 23.1 Å². The molecule has 2 heterocycles. The Kier molecular flexibility index (Phi) is 5.02. The summed E-state index contributed by atoms with van der Waals surface area (Å²) in [5, 5.41) is 13.3. The van der Waals surface area contributed by atoms with E-state index < -0.39 is 12.0 Å². The van der Waals surface area contributed by atoms with Crippen LogP contribution in [0.15, 0.2) is 15.6 Å². The fraction of sp³-hybridized carbons (Fsp3) is 0.455. The number of thioether (sulfide) groups is 1. The number of rotatable bonds is 5. The van der Waals surface area contributed by atoms with Crippen LogP contribution in [0.5, 0.6) is 0 Å². The van der Waals surface area contributed by atoms with Crippen molar-refractivity contribution in [2.45, 2.75) is 24.2 Å². The molecule has 1 aromatic heterocycles. The lowest BCUT2D eigenvalue weighted by atomic mass is 10.1. The first-order chi connectivity index (χ1) is 10.0. The molecule has 0 saturated heterocycles. The minimum atomic E-state index is -0.440. The van der Waals surface area contributed by atoms with Gasteiger partial charge in [0.05, 0.1) is 18.2 Å². The molecular formula is C11H15N5O3S2. The Morgan fingerprint density at radius 3 is 2.90 bits per heavy atom. The van der Waals surface area contributed by atoms with E-state index in [4.69, 9.17) is 10.5 Å². The average molecular weight is 329 g/mol. The van der Waals surface area contributed by atoms with Gasteiger partial charge in [-0.2, -0.15) is 0 Å². The summed E-state index contributed by atoms with van der Waals surface area (Å²) in [5.74, 6) is -0.0644. The van der Waals surface area contributed by atoms with E-state index in [0.29, 0.717) is 26.5 Å². The third-order valence-corrected chi connectivity index (χ3v) is 4.54. The maximum absolute atomic E-state index is 12.0. The van der Waals surface area contributed by atoms with Crippen molar-refractivity contribution in [3.8, 4) is 0 Å². The molecule has 1 aromatic rings. The van der Waals surface area contributed by atoms with Gasteiger partial charge in [-0.25, -0.2) is 9.59 Å². The third kappa shape index (κ3) is 3.85. The van der Waals surface area contributed by atoms with E-state index in [1.54, 1.807) is 13.8 Å². The molecule has 114 valence electrons. The molecule has 2 amide bonds. The lowest BCUT2D eigenvalue weighted by molar-refractivity contribution is -0.138. The van der Waals surface area contributed by atoms with Gasteiger partial charge in [-0.1, -0.05) is 23.1 Å². The Bertz CT molecular complexity index is 586.